The van der Waals surface area contributed by atoms with Crippen LogP contribution in [-0.2, 0) is 9.53 Å². The Morgan fingerprint density at radius 1 is 0.909 bits per heavy atom. The number of aryl methyl sites for hydroxylation is 2. The molecule has 3 nitrogen and oxygen atoms in total. The number of esters is 1. The lowest BCUT2D eigenvalue weighted by atomic mass is 9.75. The molecule has 0 aliphatic heterocycles. The van der Waals surface area contributed by atoms with Crippen LogP contribution in [0.15, 0.2) is 72.8 Å². The lowest BCUT2D eigenvalue weighted by Crippen LogP contribution is -2.21. The molecule has 0 radical (unpaired) electrons. The van der Waals surface area contributed by atoms with Crippen molar-refractivity contribution in [3.8, 4) is 12.3 Å². The molecule has 33 heavy (non-hydrogen) atoms. The van der Waals surface area contributed by atoms with Gasteiger partial charge in [0.2, 0.25) is 0 Å². The molecule has 4 heteroatoms. The molecule has 0 saturated carbocycles. The Labute approximate surface area is 200 Å². The van der Waals surface area contributed by atoms with E-state index in [0.717, 1.165) is 22.3 Å². The number of terminal acetylenes is 1. The van der Waals surface area contributed by atoms with Gasteiger partial charge < -0.3 is 4.74 Å². The smallest absolute Gasteiger partial charge is 0.307 e. The lowest BCUT2D eigenvalue weighted by molar-refractivity contribution is -0.142. The molecule has 0 unspecified atom stereocenters. The summed E-state index contributed by atoms with van der Waals surface area (Å²) in [5.74, 6) is 1.44. The summed E-state index contributed by atoms with van der Waals surface area (Å²) in [7, 11) is 0. The molecule has 3 rings (SSSR count). The number of halogens is 1. The lowest BCUT2D eigenvalue weighted by Gasteiger charge is -2.28. The second-order valence-electron chi connectivity index (χ2n) is 8.18. The summed E-state index contributed by atoms with van der Waals surface area (Å²) in [6.07, 6.45) is 5.62. The molecule has 0 amide bonds. The van der Waals surface area contributed by atoms with Crippen LogP contribution in [0, 0.1) is 26.2 Å². The van der Waals surface area contributed by atoms with Crippen molar-refractivity contribution >= 4 is 23.4 Å². The van der Waals surface area contributed by atoms with E-state index in [0.29, 0.717) is 10.6 Å². The van der Waals surface area contributed by atoms with Gasteiger partial charge in [-0.25, -0.2) is 0 Å². The Hall–Kier alpha value is -3.35. The van der Waals surface area contributed by atoms with E-state index in [-0.39, 0.29) is 43.0 Å². The summed E-state index contributed by atoms with van der Waals surface area (Å²) < 4.78 is 5.21. The second kappa shape index (κ2) is 11.5. The van der Waals surface area contributed by atoms with Crippen molar-refractivity contribution in [3.05, 3.63) is 106 Å². The highest BCUT2D eigenvalue weighted by molar-refractivity contribution is 6.30. The van der Waals surface area contributed by atoms with Crippen LogP contribution in [-0.4, -0.2) is 18.4 Å². The largest absolute Gasteiger partial charge is 0.452 e. The minimum Gasteiger partial charge on any atom is -0.452 e. The Bertz CT molecular complexity index is 1140. The van der Waals surface area contributed by atoms with Crippen LogP contribution in [0.5, 0.6) is 0 Å². The van der Waals surface area contributed by atoms with Crippen LogP contribution in [0.2, 0.25) is 5.02 Å². The van der Waals surface area contributed by atoms with Crippen LogP contribution in [0.1, 0.15) is 57.3 Å². The van der Waals surface area contributed by atoms with Crippen molar-refractivity contribution in [2.75, 3.05) is 6.61 Å². The van der Waals surface area contributed by atoms with Crippen molar-refractivity contribution in [1.29, 1.82) is 0 Å². The molecule has 2 atom stereocenters. The van der Waals surface area contributed by atoms with Gasteiger partial charge in [-0.1, -0.05) is 83.7 Å². The first-order valence-corrected chi connectivity index (χ1v) is 11.3. The van der Waals surface area contributed by atoms with E-state index in [1.807, 2.05) is 86.6 Å². The summed E-state index contributed by atoms with van der Waals surface area (Å²) in [6, 6.07) is 23.0. The summed E-state index contributed by atoms with van der Waals surface area (Å²) in [5.41, 5.74) is 4.74. The third-order valence-corrected chi connectivity index (χ3v) is 6.11. The average Bonchev–Trinajstić information content (AvgIpc) is 2.81. The van der Waals surface area contributed by atoms with E-state index in [2.05, 4.69) is 5.92 Å². The summed E-state index contributed by atoms with van der Waals surface area (Å²) in [5, 5.41) is 0.614. The van der Waals surface area contributed by atoms with Crippen molar-refractivity contribution in [2.24, 2.45) is 0 Å². The highest BCUT2D eigenvalue weighted by Crippen LogP contribution is 2.40. The topological polar surface area (TPSA) is 43.4 Å². The molecule has 0 heterocycles. The van der Waals surface area contributed by atoms with Gasteiger partial charge >= 0.3 is 5.97 Å². The zero-order chi connectivity index (χ0) is 23.8. The molecule has 0 aromatic heterocycles. The fourth-order valence-corrected chi connectivity index (χ4v) is 4.22. The Balaban J connectivity index is 2.04. The predicted molar refractivity (Wildman–Crippen MR) is 133 cm³/mol. The van der Waals surface area contributed by atoms with E-state index in [9.17, 15) is 9.59 Å². The summed E-state index contributed by atoms with van der Waals surface area (Å²) >= 11 is 6.14. The number of hydrogen-bond acceptors (Lipinski definition) is 3. The third kappa shape index (κ3) is 6.57. The highest BCUT2D eigenvalue weighted by atomic mass is 35.5. The van der Waals surface area contributed by atoms with E-state index in [1.165, 1.54) is 0 Å². The molecule has 3 aromatic carbocycles. The molecule has 0 saturated heterocycles. The molecule has 0 bridgehead atoms. The third-order valence-electron chi connectivity index (χ3n) is 5.85. The van der Waals surface area contributed by atoms with E-state index in [4.69, 9.17) is 22.8 Å². The average molecular weight is 459 g/mol. The number of hydrogen-bond donors (Lipinski definition) is 0. The van der Waals surface area contributed by atoms with Crippen LogP contribution in [0.3, 0.4) is 0 Å². The zero-order valence-corrected chi connectivity index (χ0v) is 19.6. The maximum absolute atomic E-state index is 13.3. The van der Waals surface area contributed by atoms with Gasteiger partial charge in [0.15, 0.2) is 12.4 Å². The SMILES string of the molecule is C#CCOC(=O)C[C@@H](c1ccccc1C)[C@@H](CC(=O)c1ccc(C)cc1)c1ccc(Cl)cc1. The van der Waals surface area contributed by atoms with Crippen molar-refractivity contribution in [1.82, 2.24) is 0 Å². The van der Waals surface area contributed by atoms with Gasteiger partial charge in [0.25, 0.3) is 0 Å². The number of carbonyl (C=O) groups is 2. The van der Waals surface area contributed by atoms with Gasteiger partial charge in [-0.05, 0) is 48.6 Å². The molecule has 0 spiro atoms. The van der Waals surface area contributed by atoms with E-state index in [1.54, 1.807) is 0 Å². The number of ether oxygens (including phenoxy) is 1. The first-order valence-electron chi connectivity index (χ1n) is 10.9. The molecular formula is C29H27ClO3. The first-order chi connectivity index (χ1) is 15.9. The predicted octanol–water partition coefficient (Wildman–Crippen LogP) is 6.66. The minimum absolute atomic E-state index is 0.0190. The summed E-state index contributed by atoms with van der Waals surface area (Å²) in [4.78, 5) is 26.0. The molecular weight excluding hydrogens is 432 g/mol. The van der Waals surface area contributed by atoms with Crippen molar-refractivity contribution in [3.63, 3.8) is 0 Å². The normalized spacial score (nSPS) is 12.4. The number of Topliss-reactive ketones (excluding diaryl/α,β-unsaturated/α-hetero) is 1. The summed E-state index contributed by atoms with van der Waals surface area (Å²) in [6.45, 7) is 3.92. The fourth-order valence-electron chi connectivity index (χ4n) is 4.09. The zero-order valence-electron chi connectivity index (χ0n) is 18.9. The van der Waals surface area contributed by atoms with Gasteiger partial charge in [0.1, 0.15) is 0 Å². The minimum atomic E-state index is -0.386. The van der Waals surface area contributed by atoms with Crippen LogP contribution in [0.4, 0.5) is 0 Å². The number of benzene rings is 3. The Kier molecular flexibility index (Phi) is 8.46. The fraction of sp³-hybridized carbons (Fsp3) is 0.241. The van der Waals surface area contributed by atoms with Crippen LogP contribution < -0.4 is 0 Å². The van der Waals surface area contributed by atoms with Gasteiger partial charge in [0, 0.05) is 22.9 Å². The molecule has 0 fully saturated rings. The number of carbonyl (C=O) groups excluding carboxylic acids is 2. The van der Waals surface area contributed by atoms with Gasteiger partial charge in [-0.2, -0.15) is 0 Å². The van der Waals surface area contributed by atoms with Crippen LogP contribution in [0.25, 0.3) is 0 Å². The second-order valence-corrected chi connectivity index (χ2v) is 8.62. The van der Waals surface area contributed by atoms with Gasteiger partial charge in [0.05, 0.1) is 6.42 Å². The molecule has 168 valence electrons. The van der Waals surface area contributed by atoms with Crippen molar-refractivity contribution in [2.45, 2.75) is 38.5 Å². The monoisotopic (exact) mass is 458 g/mol. The molecule has 3 aromatic rings. The van der Waals surface area contributed by atoms with Crippen molar-refractivity contribution < 1.29 is 14.3 Å². The highest BCUT2D eigenvalue weighted by Gasteiger charge is 2.31. The maximum Gasteiger partial charge on any atom is 0.307 e. The van der Waals surface area contributed by atoms with Gasteiger partial charge in [-0.3, -0.25) is 9.59 Å². The van der Waals surface area contributed by atoms with Gasteiger partial charge in [-0.15, -0.1) is 6.42 Å². The Morgan fingerprint density at radius 2 is 1.58 bits per heavy atom. The van der Waals surface area contributed by atoms with E-state index >= 15 is 0 Å². The Morgan fingerprint density at radius 3 is 2.21 bits per heavy atom. The number of ketones is 1. The quantitative estimate of drug-likeness (QED) is 0.204. The molecule has 0 aliphatic carbocycles. The number of rotatable bonds is 9. The van der Waals surface area contributed by atoms with E-state index < -0.39 is 0 Å². The molecule has 0 N–H and O–H groups in total. The maximum atomic E-state index is 13.3. The first kappa shape index (κ1) is 24.3. The van der Waals surface area contributed by atoms with Crippen LogP contribution >= 0.6 is 11.6 Å². The molecule has 0 aliphatic rings. The standard InChI is InChI=1S/C29H27ClO3/c1-4-17-33-29(32)19-27(25-8-6-5-7-21(25)3)26(22-13-15-24(30)16-14-22)18-28(31)23-11-9-20(2)10-12-23/h1,5-16,26-27H,17-19H2,2-3H3/t26-,27-/m0/s1.